The molecule has 2 aromatic carbocycles. The molecule has 0 saturated heterocycles. The smallest absolute Gasteiger partial charge is 0.344 e. The van der Waals surface area contributed by atoms with Gasteiger partial charge in [-0.05, 0) is 47.9 Å². The van der Waals surface area contributed by atoms with E-state index in [-0.39, 0.29) is 19.1 Å². The van der Waals surface area contributed by atoms with Gasteiger partial charge in [0, 0.05) is 18.1 Å². The molecule has 8 heteroatoms. The molecule has 3 rings (SSSR count). The fraction of sp³-hybridized carbons (Fsp3) is 0.333. The number of nitrogens with zero attached hydrogens (tertiary/aromatic N) is 1. The monoisotopic (exact) mass is 419 g/mol. The molecule has 0 aliphatic carbocycles. The van der Waals surface area contributed by atoms with Crippen molar-refractivity contribution < 1.29 is 28.5 Å². The first-order valence-corrected chi connectivity index (χ1v) is 9.43. The van der Waals surface area contributed by atoms with Gasteiger partial charge in [-0.25, -0.2) is 4.79 Å². The van der Waals surface area contributed by atoms with Gasteiger partial charge in [0.1, 0.15) is 5.75 Å². The molecule has 0 saturated carbocycles. The summed E-state index contributed by atoms with van der Waals surface area (Å²) in [5, 5.41) is 0.505. The van der Waals surface area contributed by atoms with Gasteiger partial charge in [0.05, 0.1) is 14.2 Å². The van der Waals surface area contributed by atoms with E-state index in [1.54, 1.807) is 43.4 Å². The number of benzene rings is 2. The third-order valence-electron chi connectivity index (χ3n) is 4.58. The summed E-state index contributed by atoms with van der Waals surface area (Å²) in [6, 6.07) is 10.5. The number of halogens is 1. The van der Waals surface area contributed by atoms with Gasteiger partial charge in [0.2, 0.25) is 0 Å². The van der Waals surface area contributed by atoms with E-state index in [0.29, 0.717) is 41.8 Å². The maximum Gasteiger partial charge on any atom is 0.344 e. The summed E-state index contributed by atoms with van der Waals surface area (Å²) in [7, 11) is 3.16. The van der Waals surface area contributed by atoms with Crippen LogP contribution in [0.25, 0.3) is 0 Å². The highest BCUT2D eigenvalue weighted by Gasteiger charge is 2.23. The summed E-state index contributed by atoms with van der Waals surface area (Å²) in [4.78, 5) is 26.0. The molecule has 1 aliphatic rings. The summed E-state index contributed by atoms with van der Waals surface area (Å²) in [6.45, 7) is 0.330. The van der Waals surface area contributed by atoms with Crippen LogP contribution < -0.4 is 14.2 Å². The van der Waals surface area contributed by atoms with Gasteiger partial charge >= 0.3 is 5.97 Å². The second-order valence-electron chi connectivity index (χ2n) is 6.45. The van der Waals surface area contributed by atoms with E-state index in [0.717, 1.165) is 11.1 Å². The van der Waals surface area contributed by atoms with E-state index in [1.807, 2.05) is 12.1 Å². The zero-order valence-electron chi connectivity index (χ0n) is 16.3. The van der Waals surface area contributed by atoms with Crippen LogP contribution in [0.2, 0.25) is 5.02 Å². The lowest BCUT2D eigenvalue weighted by atomic mass is 9.99. The Morgan fingerprint density at radius 1 is 1.03 bits per heavy atom. The molecule has 29 heavy (non-hydrogen) atoms. The molecular weight excluding hydrogens is 398 g/mol. The van der Waals surface area contributed by atoms with Crippen molar-refractivity contribution in [1.29, 1.82) is 0 Å². The molecule has 0 unspecified atom stereocenters. The van der Waals surface area contributed by atoms with Crippen LogP contribution in [0.15, 0.2) is 36.4 Å². The molecule has 0 N–H and O–H groups in total. The number of rotatable bonds is 7. The Hall–Kier alpha value is -2.93. The van der Waals surface area contributed by atoms with E-state index in [2.05, 4.69) is 0 Å². The lowest BCUT2D eigenvalue weighted by Crippen LogP contribution is -2.39. The Labute approximate surface area is 174 Å². The number of hydrogen-bond acceptors (Lipinski definition) is 6. The van der Waals surface area contributed by atoms with Gasteiger partial charge in [-0.15, -0.1) is 0 Å². The van der Waals surface area contributed by atoms with Crippen molar-refractivity contribution in [3.8, 4) is 17.2 Å². The number of ether oxygens (including phenoxy) is 4. The van der Waals surface area contributed by atoms with E-state index < -0.39 is 5.97 Å². The van der Waals surface area contributed by atoms with Crippen molar-refractivity contribution in [1.82, 2.24) is 4.90 Å². The maximum atomic E-state index is 12.4. The highest BCUT2D eigenvalue weighted by atomic mass is 35.5. The van der Waals surface area contributed by atoms with Gasteiger partial charge in [0.25, 0.3) is 5.91 Å². The van der Waals surface area contributed by atoms with Crippen LogP contribution in [-0.4, -0.2) is 50.8 Å². The van der Waals surface area contributed by atoms with E-state index >= 15 is 0 Å². The van der Waals surface area contributed by atoms with Crippen LogP contribution in [0.1, 0.15) is 11.1 Å². The zero-order chi connectivity index (χ0) is 20.8. The normalized spacial score (nSPS) is 12.7. The molecule has 7 nitrogen and oxygen atoms in total. The Morgan fingerprint density at radius 3 is 2.45 bits per heavy atom. The van der Waals surface area contributed by atoms with Gasteiger partial charge in [-0.2, -0.15) is 0 Å². The van der Waals surface area contributed by atoms with Crippen molar-refractivity contribution >= 4 is 23.5 Å². The van der Waals surface area contributed by atoms with Crippen LogP contribution in [0.3, 0.4) is 0 Å². The second kappa shape index (κ2) is 9.52. The molecule has 0 fully saturated rings. The topological polar surface area (TPSA) is 74.3 Å². The van der Waals surface area contributed by atoms with Gasteiger partial charge in [0.15, 0.2) is 24.7 Å². The predicted molar refractivity (Wildman–Crippen MR) is 107 cm³/mol. The standard InChI is InChI=1S/C21H22ClNO6/c1-26-18-8-14-6-7-23(11-15(14)9-19(18)27-2)20(24)12-29-21(25)13-28-17-5-3-4-16(22)10-17/h3-5,8-10H,6-7,11-13H2,1-2H3. The third kappa shape index (κ3) is 5.32. The van der Waals surface area contributed by atoms with Crippen molar-refractivity contribution in [2.24, 2.45) is 0 Å². The van der Waals surface area contributed by atoms with Crippen molar-refractivity contribution in [3.05, 3.63) is 52.5 Å². The fourth-order valence-corrected chi connectivity index (χ4v) is 3.25. The first-order chi connectivity index (χ1) is 14.0. The third-order valence-corrected chi connectivity index (χ3v) is 4.82. The Morgan fingerprint density at radius 2 is 1.76 bits per heavy atom. The second-order valence-corrected chi connectivity index (χ2v) is 6.88. The number of hydrogen-bond donors (Lipinski definition) is 0. The van der Waals surface area contributed by atoms with Gasteiger partial charge in [-0.3, -0.25) is 4.79 Å². The number of methoxy groups -OCH3 is 2. The van der Waals surface area contributed by atoms with Crippen LogP contribution >= 0.6 is 11.6 Å². The average molecular weight is 420 g/mol. The van der Waals surface area contributed by atoms with Crippen LogP contribution in [0.5, 0.6) is 17.2 Å². The first kappa shape index (κ1) is 20.8. The van der Waals surface area contributed by atoms with E-state index in [1.165, 1.54) is 0 Å². The molecule has 0 atom stereocenters. The van der Waals surface area contributed by atoms with Crippen molar-refractivity contribution in [2.75, 3.05) is 34.0 Å². The molecule has 0 bridgehead atoms. The molecule has 1 aliphatic heterocycles. The predicted octanol–water partition coefficient (Wildman–Crippen LogP) is 2.86. The van der Waals surface area contributed by atoms with Crippen molar-refractivity contribution in [2.45, 2.75) is 13.0 Å². The molecule has 1 heterocycles. The maximum absolute atomic E-state index is 12.4. The van der Waals surface area contributed by atoms with Crippen LogP contribution in [0.4, 0.5) is 0 Å². The fourth-order valence-electron chi connectivity index (χ4n) is 3.07. The minimum atomic E-state index is -0.623. The molecule has 154 valence electrons. The zero-order valence-corrected chi connectivity index (χ0v) is 17.0. The van der Waals surface area contributed by atoms with Gasteiger partial charge < -0.3 is 23.8 Å². The highest BCUT2D eigenvalue weighted by Crippen LogP contribution is 2.33. The first-order valence-electron chi connectivity index (χ1n) is 9.05. The highest BCUT2D eigenvalue weighted by molar-refractivity contribution is 6.30. The summed E-state index contributed by atoms with van der Waals surface area (Å²) in [5.41, 5.74) is 2.09. The molecule has 0 spiro atoms. The lowest BCUT2D eigenvalue weighted by Gasteiger charge is -2.29. The summed E-state index contributed by atoms with van der Waals surface area (Å²) >= 11 is 5.86. The van der Waals surface area contributed by atoms with Crippen LogP contribution in [-0.2, 0) is 27.3 Å². The number of carbonyl (C=O) groups excluding carboxylic acids is 2. The van der Waals surface area contributed by atoms with Crippen molar-refractivity contribution in [3.63, 3.8) is 0 Å². The minimum Gasteiger partial charge on any atom is -0.493 e. The number of fused-ring (bicyclic) bond motifs is 1. The molecule has 0 aromatic heterocycles. The summed E-state index contributed by atoms with van der Waals surface area (Å²) in [6.07, 6.45) is 0.688. The van der Waals surface area contributed by atoms with E-state index in [9.17, 15) is 9.59 Å². The summed E-state index contributed by atoms with van der Waals surface area (Å²) < 4.78 is 21.0. The Balaban J connectivity index is 1.50. The Bertz CT molecular complexity index is 901. The number of esters is 1. The van der Waals surface area contributed by atoms with Crippen LogP contribution in [0, 0.1) is 0 Å². The largest absolute Gasteiger partial charge is 0.493 e. The molecular formula is C21H22ClNO6. The molecule has 0 radical (unpaired) electrons. The number of amides is 1. The average Bonchev–Trinajstić information content (AvgIpc) is 2.74. The van der Waals surface area contributed by atoms with E-state index in [4.69, 9.17) is 30.5 Å². The summed E-state index contributed by atoms with van der Waals surface area (Å²) in [5.74, 6) is 0.853. The molecule has 2 aromatic rings. The van der Waals surface area contributed by atoms with Gasteiger partial charge in [-0.1, -0.05) is 17.7 Å². The lowest BCUT2D eigenvalue weighted by molar-refractivity contribution is -0.154. The Kier molecular flexibility index (Phi) is 6.82. The minimum absolute atomic E-state index is 0.262. The number of carbonyl (C=O) groups is 2. The SMILES string of the molecule is COc1cc2c(cc1OC)CN(C(=O)COC(=O)COc1cccc(Cl)c1)CC2. The quantitative estimate of drug-likeness (QED) is 0.642. The molecule has 1 amide bonds.